The predicted molar refractivity (Wildman–Crippen MR) is 272 cm³/mol. The lowest BCUT2D eigenvalue weighted by Crippen LogP contribution is -2.41. The molecule has 10 rings (SSSR count). The van der Waals surface area contributed by atoms with Crippen molar-refractivity contribution in [2.24, 2.45) is 0 Å². The minimum absolute atomic E-state index is 0.0822. The van der Waals surface area contributed by atoms with Crippen LogP contribution < -0.4 is 5.46 Å². The summed E-state index contributed by atoms with van der Waals surface area (Å²) in [5.41, 5.74) is 22.3. The molecule has 0 atom stereocenters. The summed E-state index contributed by atoms with van der Waals surface area (Å²) < 4.78 is 13.0. The third-order valence-corrected chi connectivity index (χ3v) is 16.8. The summed E-state index contributed by atoms with van der Waals surface area (Å²) in [5, 5.41) is 0. The molecule has 0 amide bonds. The van der Waals surface area contributed by atoms with E-state index < -0.39 is 0 Å². The van der Waals surface area contributed by atoms with Crippen molar-refractivity contribution in [2.75, 3.05) is 0 Å². The van der Waals surface area contributed by atoms with Crippen molar-refractivity contribution in [1.29, 1.82) is 0 Å². The maximum Gasteiger partial charge on any atom is 0.494 e. The molecule has 6 aromatic rings. The summed E-state index contributed by atoms with van der Waals surface area (Å²) >= 11 is 0. The summed E-state index contributed by atoms with van der Waals surface area (Å²) in [7, 11) is -0.374. The second-order valence-electron chi connectivity index (χ2n) is 21.9. The zero-order chi connectivity index (χ0) is 44.8. The van der Waals surface area contributed by atoms with Crippen LogP contribution in [0.2, 0.25) is 0 Å². The molecule has 1 fully saturated rings. The van der Waals surface area contributed by atoms with E-state index in [1.165, 1.54) is 142 Å². The fourth-order valence-electron chi connectivity index (χ4n) is 12.2. The molecule has 2 nitrogen and oxygen atoms in total. The zero-order valence-electron chi connectivity index (χ0n) is 40.4. The van der Waals surface area contributed by atoms with Crippen molar-refractivity contribution < 1.29 is 9.31 Å². The van der Waals surface area contributed by atoms with E-state index in [1.807, 2.05) is 0 Å². The summed E-state index contributed by atoms with van der Waals surface area (Å²) in [6.45, 7) is 22.8. The number of fused-ring (bicyclic) bond motifs is 9. The van der Waals surface area contributed by atoms with Crippen LogP contribution in [0.5, 0.6) is 0 Å². The smallest absolute Gasteiger partial charge is 0.399 e. The van der Waals surface area contributed by atoms with Crippen molar-refractivity contribution in [3.05, 3.63) is 149 Å². The third kappa shape index (κ3) is 6.73. The topological polar surface area (TPSA) is 18.5 Å². The Labute approximate surface area is 385 Å². The monoisotopic (exact) mass is 845 g/mol. The van der Waals surface area contributed by atoms with E-state index in [0.717, 1.165) is 5.46 Å². The molecule has 6 aromatic carbocycles. The van der Waals surface area contributed by atoms with Crippen LogP contribution >= 0.6 is 0 Å². The highest BCUT2D eigenvalue weighted by Gasteiger charge is 2.52. The average Bonchev–Trinajstić information content (AvgIpc) is 3.87. The molecule has 0 N–H and O–H groups in total. The molecular formula is C61H69BO2. The molecule has 0 radical (unpaired) electrons. The number of benzene rings is 6. The Morgan fingerprint density at radius 3 is 1.20 bits per heavy atom. The normalized spacial score (nSPS) is 18.3. The molecule has 0 bridgehead atoms. The van der Waals surface area contributed by atoms with Gasteiger partial charge in [0, 0.05) is 16.2 Å². The third-order valence-electron chi connectivity index (χ3n) is 16.8. The van der Waals surface area contributed by atoms with E-state index in [4.69, 9.17) is 9.31 Å². The summed E-state index contributed by atoms with van der Waals surface area (Å²) in [6.07, 6.45) is 12.9. The highest BCUT2D eigenvalue weighted by Crippen LogP contribution is 2.56. The first-order valence-electron chi connectivity index (χ1n) is 24.8. The van der Waals surface area contributed by atoms with Crippen LogP contribution in [0.4, 0.5) is 0 Å². The molecule has 0 spiro atoms. The van der Waals surface area contributed by atoms with E-state index >= 15 is 0 Å². The number of rotatable bonds is 13. The summed E-state index contributed by atoms with van der Waals surface area (Å²) in [6, 6.07) is 45.4. The summed E-state index contributed by atoms with van der Waals surface area (Å²) in [5.74, 6) is 0. The Morgan fingerprint density at radius 2 is 0.750 bits per heavy atom. The fraction of sp³-hybridized carbons (Fsp3) is 0.410. The van der Waals surface area contributed by atoms with Crippen LogP contribution in [-0.4, -0.2) is 18.3 Å². The largest absolute Gasteiger partial charge is 0.494 e. The number of hydrogen-bond acceptors (Lipinski definition) is 2. The van der Waals surface area contributed by atoms with Crippen LogP contribution in [0.15, 0.2) is 115 Å². The van der Waals surface area contributed by atoms with Crippen molar-refractivity contribution in [3.8, 4) is 55.6 Å². The first-order chi connectivity index (χ1) is 30.6. The predicted octanol–water partition coefficient (Wildman–Crippen LogP) is 16.1. The molecule has 4 aliphatic rings. The van der Waals surface area contributed by atoms with Gasteiger partial charge >= 0.3 is 7.12 Å². The van der Waals surface area contributed by atoms with Crippen LogP contribution in [0, 0.1) is 0 Å². The van der Waals surface area contributed by atoms with Gasteiger partial charge in [-0.05, 0) is 159 Å². The maximum absolute atomic E-state index is 6.49. The maximum atomic E-state index is 6.49. The Kier molecular flexibility index (Phi) is 10.6. The van der Waals surface area contributed by atoms with Gasteiger partial charge in [-0.2, -0.15) is 0 Å². The average molecular weight is 845 g/mol. The van der Waals surface area contributed by atoms with Gasteiger partial charge in [0.2, 0.25) is 0 Å². The van der Waals surface area contributed by atoms with E-state index in [0.29, 0.717) is 0 Å². The molecule has 3 heteroatoms. The van der Waals surface area contributed by atoms with Crippen LogP contribution in [0.1, 0.15) is 167 Å². The Hall–Kier alpha value is -4.70. The highest BCUT2D eigenvalue weighted by atomic mass is 16.7. The minimum Gasteiger partial charge on any atom is -0.399 e. The molecule has 0 unspecified atom stereocenters. The van der Waals surface area contributed by atoms with Crippen molar-refractivity contribution in [1.82, 2.24) is 0 Å². The molecule has 64 heavy (non-hydrogen) atoms. The Bertz CT molecular complexity index is 2750. The minimum atomic E-state index is -0.374. The van der Waals surface area contributed by atoms with Crippen LogP contribution in [0.25, 0.3) is 55.6 Å². The van der Waals surface area contributed by atoms with Gasteiger partial charge in [0.05, 0.1) is 11.2 Å². The molecular weight excluding hydrogens is 775 g/mol. The van der Waals surface area contributed by atoms with E-state index in [-0.39, 0.29) is 34.6 Å². The van der Waals surface area contributed by atoms with Gasteiger partial charge in [-0.3, -0.25) is 0 Å². The Balaban J connectivity index is 0.959. The lowest BCUT2D eigenvalue weighted by Gasteiger charge is -2.33. The molecule has 1 saturated heterocycles. The first kappa shape index (κ1) is 43.2. The molecule has 328 valence electrons. The van der Waals surface area contributed by atoms with Gasteiger partial charge in [0.15, 0.2) is 0 Å². The molecule has 1 aliphatic heterocycles. The lowest BCUT2D eigenvalue weighted by atomic mass is 9.70. The second-order valence-corrected chi connectivity index (χ2v) is 21.9. The first-order valence-corrected chi connectivity index (χ1v) is 24.8. The van der Waals surface area contributed by atoms with Gasteiger partial charge in [0.1, 0.15) is 0 Å². The van der Waals surface area contributed by atoms with Crippen LogP contribution in [0.3, 0.4) is 0 Å². The van der Waals surface area contributed by atoms with Crippen molar-refractivity contribution >= 4 is 12.6 Å². The van der Waals surface area contributed by atoms with Crippen molar-refractivity contribution in [3.63, 3.8) is 0 Å². The quantitative estimate of drug-likeness (QED) is 0.0852. The Morgan fingerprint density at radius 1 is 0.375 bits per heavy atom. The van der Waals surface area contributed by atoms with Gasteiger partial charge in [0.25, 0.3) is 0 Å². The summed E-state index contributed by atoms with van der Waals surface area (Å²) in [4.78, 5) is 0. The number of unbranched alkanes of at least 4 members (excludes halogenated alkanes) is 6. The van der Waals surface area contributed by atoms with Gasteiger partial charge in [-0.1, -0.05) is 184 Å². The highest BCUT2D eigenvalue weighted by molar-refractivity contribution is 6.62. The zero-order valence-corrected chi connectivity index (χ0v) is 40.4. The van der Waals surface area contributed by atoms with Gasteiger partial charge < -0.3 is 9.31 Å². The van der Waals surface area contributed by atoms with Crippen LogP contribution in [-0.2, 0) is 25.6 Å². The van der Waals surface area contributed by atoms with E-state index in [1.54, 1.807) is 11.1 Å². The molecule has 1 heterocycles. The van der Waals surface area contributed by atoms with Crippen molar-refractivity contribution in [2.45, 2.75) is 161 Å². The molecule has 0 saturated carbocycles. The standard InChI is InChI=1S/C61H69BO2/c1-11-13-15-19-33-61(34-20-16-14-12-2)51-22-18-17-21-45(51)50-31-26-43(38-56(50)61)42-25-29-47-46-28-23-40(35-52(46)57(3,4)53(47)37-42)41-24-30-48-49-32-27-44(39-55(49)58(5,6)54(48)36-41)62-63-59(7,8)60(9,10)64-62/h17-18,21-32,35-39H,11-16,19-20,33-34H2,1-10H3. The van der Waals surface area contributed by atoms with E-state index in [2.05, 4.69) is 184 Å². The second kappa shape index (κ2) is 15.7. The van der Waals surface area contributed by atoms with E-state index in [9.17, 15) is 0 Å². The van der Waals surface area contributed by atoms with Gasteiger partial charge in [-0.25, -0.2) is 0 Å². The fourth-order valence-corrected chi connectivity index (χ4v) is 12.2. The lowest BCUT2D eigenvalue weighted by molar-refractivity contribution is 0.00578. The SMILES string of the molecule is CCCCCCC1(CCCCCC)c2ccccc2-c2ccc(-c3ccc4c(c3)C(C)(C)c3cc(-c5ccc6c(c5)C(C)(C)c5cc(B7OC(C)(C)C(C)(C)O7)ccc5-6)ccc3-4)cc21. The molecule has 3 aliphatic carbocycles. The number of hydrogen-bond donors (Lipinski definition) is 0. The van der Waals surface area contributed by atoms with Gasteiger partial charge in [-0.15, -0.1) is 0 Å². The molecule has 0 aromatic heterocycles.